The van der Waals surface area contributed by atoms with Crippen LogP contribution in [0.5, 0.6) is 0 Å². The van der Waals surface area contributed by atoms with E-state index in [9.17, 15) is 24.8 Å². The number of carboxylic acids is 1. The number of carbonyl (C=O) groups is 2. The zero-order valence-electron chi connectivity index (χ0n) is 12.0. The largest absolute Gasteiger partial charge is 0.479 e. The second-order valence-electron chi connectivity index (χ2n) is 5.39. The van der Waals surface area contributed by atoms with E-state index in [-0.39, 0.29) is 37.2 Å². The van der Waals surface area contributed by atoms with Crippen LogP contribution in [0.1, 0.15) is 28.8 Å². The summed E-state index contributed by atoms with van der Waals surface area (Å²) in [7, 11) is 0. The first-order valence-corrected chi connectivity index (χ1v) is 6.75. The Kier molecular flexibility index (Phi) is 4.14. The quantitative estimate of drug-likeness (QED) is 0.633. The summed E-state index contributed by atoms with van der Waals surface area (Å²) < 4.78 is 0. The molecule has 0 radical (unpaired) electrons. The number of carbonyl (C=O) groups excluding carboxylic acids is 1. The number of aliphatic carboxylic acids is 1. The number of benzene rings is 1. The Balaban J connectivity index is 2.18. The maximum Gasteiger partial charge on any atom is 0.335 e. The minimum atomic E-state index is -1.81. The second kappa shape index (κ2) is 5.72. The maximum absolute atomic E-state index is 12.5. The fourth-order valence-electron chi connectivity index (χ4n) is 2.42. The predicted octanol–water partition coefficient (Wildman–Crippen LogP) is 0.955. The molecule has 1 aromatic rings. The molecule has 0 saturated carbocycles. The highest BCUT2D eigenvalue weighted by Gasteiger charge is 2.40. The molecule has 1 aromatic carbocycles. The Labute approximate surface area is 126 Å². The lowest BCUT2D eigenvalue weighted by molar-refractivity contribution is -0.384. The Morgan fingerprint density at radius 1 is 1.32 bits per heavy atom. The van der Waals surface area contributed by atoms with Crippen LogP contribution in [0.3, 0.4) is 0 Å². The molecule has 1 aliphatic rings. The first-order valence-electron chi connectivity index (χ1n) is 6.75. The smallest absolute Gasteiger partial charge is 0.335 e. The van der Waals surface area contributed by atoms with E-state index in [1.54, 1.807) is 6.92 Å². The van der Waals surface area contributed by atoms with Crippen LogP contribution < -0.4 is 0 Å². The Morgan fingerprint density at radius 3 is 2.41 bits per heavy atom. The lowest BCUT2D eigenvalue weighted by Gasteiger charge is -2.35. The molecule has 1 fully saturated rings. The fraction of sp³-hybridized carbons (Fsp3) is 0.429. The SMILES string of the molecule is Cc1ccc([N+](=O)[O-])cc1C(=O)N1CCC(O)(C(=O)O)CC1. The molecule has 8 heteroatoms. The summed E-state index contributed by atoms with van der Waals surface area (Å²) in [5.41, 5.74) is -1.16. The van der Waals surface area contributed by atoms with Crippen molar-refractivity contribution in [1.82, 2.24) is 4.90 Å². The minimum Gasteiger partial charge on any atom is -0.479 e. The van der Waals surface area contributed by atoms with Crippen molar-refractivity contribution in [2.45, 2.75) is 25.4 Å². The molecular weight excluding hydrogens is 292 g/mol. The second-order valence-corrected chi connectivity index (χ2v) is 5.39. The van der Waals surface area contributed by atoms with Gasteiger partial charge in [0.05, 0.1) is 4.92 Å². The average Bonchev–Trinajstić information content (AvgIpc) is 2.47. The van der Waals surface area contributed by atoms with Gasteiger partial charge in [-0.25, -0.2) is 4.79 Å². The predicted molar refractivity (Wildman–Crippen MR) is 75.6 cm³/mol. The number of nitro benzene ring substituents is 1. The summed E-state index contributed by atoms with van der Waals surface area (Å²) in [5, 5.41) is 29.6. The first kappa shape index (κ1) is 15.9. The number of hydrogen-bond acceptors (Lipinski definition) is 5. The number of hydrogen-bond donors (Lipinski definition) is 2. The van der Waals surface area contributed by atoms with Gasteiger partial charge in [-0.15, -0.1) is 0 Å². The van der Waals surface area contributed by atoms with Crippen LogP contribution in [0.4, 0.5) is 5.69 Å². The standard InChI is InChI=1S/C14H16N2O6/c1-9-2-3-10(16(21)22)8-11(9)12(17)15-6-4-14(20,5-7-15)13(18)19/h2-3,8,20H,4-7H2,1H3,(H,18,19). The number of aryl methyl sites for hydroxylation is 1. The van der Waals surface area contributed by atoms with Crippen molar-refractivity contribution < 1.29 is 24.7 Å². The Morgan fingerprint density at radius 2 is 1.91 bits per heavy atom. The van der Waals surface area contributed by atoms with Crippen molar-refractivity contribution in [1.29, 1.82) is 0 Å². The van der Waals surface area contributed by atoms with Gasteiger partial charge in [0, 0.05) is 43.6 Å². The molecule has 0 spiro atoms. The third-order valence-electron chi connectivity index (χ3n) is 3.94. The third-order valence-corrected chi connectivity index (χ3v) is 3.94. The van der Waals surface area contributed by atoms with Crippen molar-refractivity contribution in [3.05, 3.63) is 39.4 Å². The highest BCUT2D eigenvalue weighted by Crippen LogP contribution is 2.25. The van der Waals surface area contributed by atoms with E-state index in [4.69, 9.17) is 5.11 Å². The molecule has 8 nitrogen and oxygen atoms in total. The molecule has 0 aromatic heterocycles. The van der Waals surface area contributed by atoms with Crippen molar-refractivity contribution in [3.8, 4) is 0 Å². The van der Waals surface area contributed by atoms with E-state index in [1.165, 1.54) is 23.1 Å². The van der Waals surface area contributed by atoms with Crippen LogP contribution >= 0.6 is 0 Å². The number of piperidine rings is 1. The van der Waals surface area contributed by atoms with Crippen molar-refractivity contribution in [2.75, 3.05) is 13.1 Å². The molecule has 1 aliphatic heterocycles. The zero-order chi connectivity index (χ0) is 16.5. The fourth-order valence-corrected chi connectivity index (χ4v) is 2.42. The van der Waals surface area contributed by atoms with Crippen LogP contribution in [-0.4, -0.2) is 50.6 Å². The highest BCUT2D eigenvalue weighted by atomic mass is 16.6. The lowest BCUT2D eigenvalue weighted by Crippen LogP contribution is -2.50. The van der Waals surface area contributed by atoms with Gasteiger partial charge in [-0.2, -0.15) is 0 Å². The average molecular weight is 308 g/mol. The summed E-state index contributed by atoms with van der Waals surface area (Å²) in [6.07, 6.45) is -0.135. The van der Waals surface area contributed by atoms with Crippen molar-refractivity contribution >= 4 is 17.6 Å². The van der Waals surface area contributed by atoms with Gasteiger partial charge in [0.25, 0.3) is 11.6 Å². The molecule has 0 bridgehead atoms. The summed E-state index contributed by atoms with van der Waals surface area (Å²) in [4.78, 5) is 35.1. The number of aliphatic hydroxyl groups is 1. The first-order chi connectivity index (χ1) is 10.2. The Bertz CT molecular complexity index is 634. The number of amides is 1. The van der Waals surface area contributed by atoms with E-state index >= 15 is 0 Å². The molecule has 1 amide bonds. The van der Waals surface area contributed by atoms with Crippen LogP contribution in [0.15, 0.2) is 18.2 Å². The number of likely N-dealkylation sites (tertiary alicyclic amines) is 1. The van der Waals surface area contributed by atoms with E-state index < -0.39 is 22.4 Å². The lowest BCUT2D eigenvalue weighted by atomic mass is 9.91. The van der Waals surface area contributed by atoms with Crippen LogP contribution in [-0.2, 0) is 4.79 Å². The minimum absolute atomic E-state index is 0.0674. The van der Waals surface area contributed by atoms with Crippen molar-refractivity contribution in [2.24, 2.45) is 0 Å². The topological polar surface area (TPSA) is 121 Å². The number of non-ortho nitro benzene ring substituents is 1. The summed E-state index contributed by atoms with van der Waals surface area (Å²) in [6.45, 7) is 1.85. The van der Waals surface area contributed by atoms with Gasteiger partial charge in [0.2, 0.25) is 0 Å². The molecule has 118 valence electrons. The molecule has 2 N–H and O–H groups in total. The molecule has 22 heavy (non-hydrogen) atoms. The zero-order valence-corrected chi connectivity index (χ0v) is 12.0. The number of nitro groups is 1. The third kappa shape index (κ3) is 2.91. The van der Waals surface area contributed by atoms with Gasteiger partial charge in [0.15, 0.2) is 5.60 Å². The molecule has 1 heterocycles. The van der Waals surface area contributed by atoms with Crippen LogP contribution in [0.25, 0.3) is 0 Å². The normalized spacial score (nSPS) is 17.1. The van der Waals surface area contributed by atoms with E-state index in [0.29, 0.717) is 5.56 Å². The van der Waals surface area contributed by atoms with Gasteiger partial charge >= 0.3 is 5.97 Å². The summed E-state index contributed by atoms with van der Waals surface area (Å²) >= 11 is 0. The van der Waals surface area contributed by atoms with E-state index in [2.05, 4.69) is 0 Å². The highest BCUT2D eigenvalue weighted by molar-refractivity contribution is 5.96. The van der Waals surface area contributed by atoms with E-state index in [1.807, 2.05) is 0 Å². The molecule has 0 aliphatic carbocycles. The van der Waals surface area contributed by atoms with Crippen LogP contribution in [0.2, 0.25) is 0 Å². The monoisotopic (exact) mass is 308 g/mol. The molecule has 2 rings (SSSR count). The molecule has 0 atom stereocenters. The molecule has 0 unspecified atom stereocenters. The van der Waals surface area contributed by atoms with Gasteiger partial charge in [-0.1, -0.05) is 6.07 Å². The van der Waals surface area contributed by atoms with Crippen LogP contribution in [0, 0.1) is 17.0 Å². The van der Waals surface area contributed by atoms with Gasteiger partial charge in [-0.3, -0.25) is 14.9 Å². The van der Waals surface area contributed by atoms with Gasteiger partial charge in [0.1, 0.15) is 0 Å². The van der Waals surface area contributed by atoms with Gasteiger partial charge < -0.3 is 15.1 Å². The molecule has 1 saturated heterocycles. The number of rotatable bonds is 3. The number of carboxylic acid groups (broad SMARTS) is 1. The summed E-state index contributed by atoms with van der Waals surface area (Å²) in [5.74, 6) is -1.69. The number of nitrogens with zero attached hydrogens (tertiary/aromatic N) is 2. The Hall–Kier alpha value is -2.48. The van der Waals surface area contributed by atoms with Gasteiger partial charge in [-0.05, 0) is 12.5 Å². The molecular formula is C14H16N2O6. The van der Waals surface area contributed by atoms with Crippen molar-refractivity contribution in [3.63, 3.8) is 0 Å². The van der Waals surface area contributed by atoms with E-state index in [0.717, 1.165) is 0 Å². The summed E-state index contributed by atoms with van der Waals surface area (Å²) in [6, 6.07) is 4.05. The maximum atomic E-state index is 12.5.